The fraction of sp³-hybridized carbons (Fsp3) is 0.643. The standard InChI is InChI=1S/C14H19N5O4/c20-6-10-9(21)5-11(23-10)19-8-17-12-13(15-7-16-14(12)19)18-1-3-22-4-2-18/h7-11,20-21H,1-6H2/t9-,10-,11-/m1/s1. The molecule has 2 aliphatic heterocycles. The second-order valence-electron chi connectivity index (χ2n) is 5.74. The molecular weight excluding hydrogens is 302 g/mol. The van der Waals surface area contributed by atoms with E-state index in [9.17, 15) is 10.2 Å². The molecule has 0 aliphatic carbocycles. The van der Waals surface area contributed by atoms with E-state index < -0.39 is 12.2 Å². The van der Waals surface area contributed by atoms with Gasteiger partial charge in [-0.3, -0.25) is 4.57 Å². The van der Waals surface area contributed by atoms with Crippen LogP contribution < -0.4 is 4.90 Å². The molecule has 0 unspecified atom stereocenters. The van der Waals surface area contributed by atoms with Crippen molar-refractivity contribution in [1.29, 1.82) is 0 Å². The van der Waals surface area contributed by atoms with Gasteiger partial charge in [0.2, 0.25) is 0 Å². The van der Waals surface area contributed by atoms with Crippen molar-refractivity contribution in [1.82, 2.24) is 19.5 Å². The Hall–Kier alpha value is -1.81. The molecule has 124 valence electrons. The fourth-order valence-electron chi connectivity index (χ4n) is 3.11. The molecule has 0 aromatic carbocycles. The minimum absolute atomic E-state index is 0.210. The molecule has 23 heavy (non-hydrogen) atoms. The largest absolute Gasteiger partial charge is 0.394 e. The Morgan fingerprint density at radius 3 is 2.78 bits per heavy atom. The van der Waals surface area contributed by atoms with Gasteiger partial charge < -0.3 is 24.6 Å². The zero-order chi connectivity index (χ0) is 15.8. The summed E-state index contributed by atoms with van der Waals surface area (Å²) < 4.78 is 12.9. The predicted molar refractivity (Wildman–Crippen MR) is 80.0 cm³/mol. The number of rotatable bonds is 3. The van der Waals surface area contributed by atoms with Crippen molar-refractivity contribution < 1.29 is 19.7 Å². The number of hydrogen-bond acceptors (Lipinski definition) is 8. The smallest absolute Gasteiger partial charge is 0.167 e. The Morgan fingerprint density at radius 2 is 2.04 bits per heavy atom. The number of nitrogens with zero attached hydrogens (tertiary/aromatic N) is 5. The van der Waals surface area contributed by atoms with Crippen LogP contribution in [0.1, 0.15) is 12.6 Å². The number of aromatic nitrogens is 4. The maximum absolute atomic E-state index is 9.92. The Morgan fingerprint density at radius 1 is 1.22 bits per heavy atom. The van der Waals surface area contributed by atoms with E-state index in [1.165, 1.54) is 6.33 Å². The summed E-state index contributed by atoms with van der Waals surface area (Å²) in [7, 11) is 0. The molecule has 3 atom stereocenters. The molecule has 2 fully saturated rings. The highest BCUT2D eigenvalue weighted by Gasteiger charge is 2.35. The lowest BCUT2D eigenvalue weighted by Gasteiger charge is -2.27. The van der Waals surface area contributed by atoms with Crippen molar-refractivity contribution in [2.75, 3.05) is 37.8 Å². The Labute approximate surface area is 132 Å². The van der Waals surface area contributed by atoms with Crippen molar-refractivity contribution in [2.45, 2.75) is 24.9 Å². The van der Waals surface area contributed by atoms with Crippen LogP contribution in [-0.4, -0.2) is 74.9 Å². The van der Waals surface area contributed by atoms with Crippen molar-refractivity contribution in [2.24, 2.45) is 0 Å². The van der Waals surface area contributed by atoms with Crippen LogP contribution in [0.4, 0.5) is 5.82 Å². The summed E-state index contributed by atoms with van der Waals surface area (Å²) in [6.45, 7) is 2.66. The van der Waals surface area contributed by atoms with Crippen LogP contribution in [0.5, 0.6) is 0 Å². The number of ether oxygens (including phenoxy) is 2. The number of aliphatic hydroxyl groups is 2. The summed E-state index contributed by atoms with van der Waals surface area (Å²) in [5.74, 6) is 0.786. The summed E-state index contributed by atoms with van der Waals surface area (Å²) in [5.41, 5.74) is 1.37. The first kappa shape index (κ1) is 14.8. The van der Waals surface area contributed by atoms with Gasteiger partial charge >= 0.3 is 0 Å². The molecule has 0 bridgehead atoms. The van der Waals surface area contributed by atoms with Gasteiger partial charge in [0, 0.05) is 19.5 Å². The van der Waals surface area contributed by atoms with E-state index in [0.717, 1.165) is 18.9 Å². The van der Waals surface area contributed by atoms with Crippen LogP contribution in [0.25, 0.3) is 11.2 Å². The number of imidazole rings is 1. The second kappa shape index (κ2) is 6.00. The zero-order valence-corrected chi connectivity index (χ0v) is 12.6. The van der Waals surface area contributed by atoms with Gasteiger partial charge in [-0.15, -0.1) is 0 Å². The fourth-order valence-corrected chi connectivity index (χ4v) is 3.11. The molecule has 2 aromatic heterocycles. The molecule has 2 saturated heterocycles. The van der Waals surface area contributed by atoms with Crippen molar-refractivity contribution in [3.63, 3.8) is 0 Å². The third-order valence-electron chi connectivity index (χ3n) is 4.34. The molecule has 2 aromatic rings. The highest BCUT2D eigenvalue weighted by molar-refractivity contribution is 5.83. The van der Waals surface area contributed by atoms with E-state index in [1.54, 1.807) is 10.9 Å². The number of aliphatic hydroxyl groups excluding tert-OH is 2. The number of fused-ring (bicyclic) bond motifs is 1. The van der Waals surface area contributed by atoms with E-state index in [0.29, 0.717) is 30.8 Å². The third kappa shape index (κ3) is 2.55. The van der Waals surface area contributed by atoms with Gasteiger partial charge in [0.05, 0.1) is 32.3 Å². The Balaban J connectivity index is 1.68. The molecule has 0 amide bonds. The van der Waals surface area contributed by atoms with Gasteiger partial charge in [-0.25, -0.2) is 15.0 Å². The van der Waals surface area contributed by atoms with Gasteiger partial charge in [0.15, 0.2) is 17.0 Å². The van der Waals surface area contributed by atoms with E-state index in [-0.39, 0.29) is 12.8 Å². The van der Waals surface area contributed by atoms with E-state index in [1.807, 2.05) is 0 Å². The lowest BCUT2D eigenvalue weighted by molar-refractivity contribution is -0.0432. The lowest BCUT2D eigenvalue weighted by atomic mass is 10.2. The molecule has 0 spiro atoms. The van der Waals surface area contributed by atoms with E-state index in [2.05, 4.69) is 19.9 Å². The first-order valence-corrected chi connectivity index (χ1v) is 7.72. The molecule has 4 rings (SSSR count). The van der Waals surface area contributed by atoms with E-state index >= 15 is 0 Å². The molecule has 9 heteroatoms. The minimum Gasteiger partial charge on any atom is -0.394 e. The first-order chi connectivity index (χ1) is 11.3. The maximum atomic E-state index is 9.92. The number of morpholine rings is 1. The van der Waals surface area contributed by atoms with Gasteiger partial charge in [0.1, 0.15) is 18.7 Å². The molecule has 0 radical (unpaired) electrons. The monoisotopic (exact) mass is 321 g/mol. The Kier molecular flexibility index (Phi) is 3.85. The van der Waals surface area contributed by atoms with Gasteiger partial charge in [-0.2, -0.15) is 0 Å². The zero-order valence-electron chi connectivity index (χ0n) is 12.6. The normalized spacial score (nSPS) is 28.6. The van der Waals surface area contributed by atoms with Crippen LogP contribution in [0.15, 0.2) is 12.7 Å². The number of anilines is 1. The summed E-state index contributed by atoms with van der Waals surface area (Å²) in [5, 5.41) is 19.1. The summed E-state index contributed by atoms with van der Waals surface area (Å²) in [6, 6.07) is 0. The van der Waals surface area contributed by atoms with Crippen LogP contribution in [0, 0.1) is 0 Å². The maximum Gasteiger partial charge on any atom is 0.167 e. The quantitative estimate of drug-likeness (QED) is 0.765. The van der Waals surface area contributed by atoms with Crippen molar-refractivity contribution in [3.05, 3.63) is 12.7 Å². The predicted octanol–water partition coefficient (Wildman–Crippen LogP) is -0.696. The summed E-state index contributed by atoms with van der Waals surface area (Å²) >= 11 is 0. The van der Waals surface area contributed by atoms with Crippen LogP contribution >= 0.6 is 0 Å². The van der Waals surface area contributed by atoms with Crippen LogP contribution in [0.2, 0.25) is 0 Å². The third-order valence-corrected chi connectivity index (χ3v) is 4.34. The first-order valence-electron chi connectivity index (χ1n) is 7.72. The topological polar surface area (TPSA) is 106 Å². The molecule has 9 nitrogen and oxygen atoms in total. The second-order valence-corrected chi connectivity index (χ2v) is 5.74. The average molecular weight is 321 g/mol. The van der Waals surface area contributed by atoms with Crippen molar-refractivity contribution in [3.8, 4) is 0 Å². The summed E-state index contributed by atoms with van der Waals surface area (Å²) in [6.07, 6.45) is 1.91. The van der Waals surface area contributed by atoms with Crippen LogP contribution in [-0.2, 0) is 9.47 Å². The number of hydrogen-bond donors (Lipinski definition) is 2. The van der Waals surface area contributed by atoms with Gasteiger partial charge in [0.25, 0.3) is 0 Å². The van der Waals surface area contributed by atoms with Gasteiger partial charge in [-0.05, 0) is 0 Å². The van der Waals surface area contributed by atoms with Crippen molar-refractivity contribution >= 4 is 17.0 Å². The highest BCUT2D eigenvalue weighted by atomic mass is 16.5. The van der Waals surface area contributed by atoms with E-state index in [4.69, 9.17) is 9.47 Å². The molecule has 0 saturated carbocycles. The molecule has 4 heterocycles. The molecule has 2 N–H and O–H groups in total. The summed E-state index contributed by atoms with van der Waals surface area (Å²) in [4.78, 5) is 15.3. The van der Waals surface area contributed by atoms with Gasteiger partial charge in [-0.1, -0.05) is 0 Å². The average Bonchev–Trinajstić information content (AvgIpc) is 3.18. The highest BCUT2D eigenvalue weighted by Crippen LogP contribution is 2.32. The minimum atomic E-state index is -0.692. The molecular formula is C14H19N5O4. The SMILES string of the molecule is OC[C@H]1O[C@@H](n2cnc3c(N4CCOCC4)ncnc32)C[C@H]1O. The lowest BCUT2D eigenvalue weighted by Crippen LogP contribution is -2.37. The Bertz CT molecular complexity index is 687. The van der Waals surface area contributed by atoms with Crippen LogP contribution in [0.3, 0.4) is 0 Å². The molecule has 2 aliphatic rings.